The van der Waals surface area contributed by atoms with E-state index in [1.165, 1.54) is 0 Å². The van der Waals surface area contributed by atoms with E-state index < -0.39 is 0 Å². The summed E-state index contributed by atoms with van der Waals surface area (Å²) in [5.74, 6) is 2.40. The normalized spacial score (nSPS) is 10.5. The zero-order chi connectivity index (χ0) is 15.4. The standard InChI is InChI=1S/C14H13Br2ClN2O2/c1-3-4-13-18-12(17)7-14(19-13)21-11-6-8(15)10(20-2)5-9(11)16/h5-7H,3-4H2,1-2H3. The van der Waals surface area contributed by atoms with Crippen molar-refractivity contribution in [2.75, 3.05) is 7.11 Å². The average Bonchev–Trinajstić information content (AvgIpc) is 2.42. The Bertz CT molecular complexity index is 653. The molecule has 0 atom stereocenters. The van der Waals surface area contributed by atoms with Crippen LogP contribution in [0.1, 0.15) is 19.2 Å². The number of ether oxygens (including phenoxy) is 2. The van der Waals surface area contributed by atoms with E-state index >= 15 is 0 Å². The van der Waals surface area contributed by atoms with Crippen molar-refractivity contribution in [1.82, 2.24) is 9.97 Å². The summed E-state index contributed by atoms with van der Waals surface area (Å²) >= 11 is 12.9. The molecule has 0 saturated carbocycles. The van der Waals surface area contributed by atoms with Crippen LogP contribution in [0.15, 0.2) is 27.1 Å². The van der Waals surface area contributed by atoms with E-state index in [2.05, 4.69) is 48.8 Å². The monoisotopic (exact) mass is 434 g/mol. The first kappa shape index (κ1) is 16.5. The number of aromatic nitrogens is 2. The molecule has 1 aromatic carbocycles. The maximum absolute atomic E-state index is 6.00. The molecule has 4 nitrogen and oxygen atoms in total. The van der Waals surface area contributed by atoms with E-state index in [1.807, 2.05) is 6.07 Å². The zero-order valence-electron chi connectivity index (χ0n) is 11.5. The van der Waals surface area contributed by atoms with Gasteiger partial charge in [-0.15, -0.1) is 0 Å². The molecular formula is C14H13Br2ClN2O2. The van der Waals surface area contributed by atoms with Gasteiger partial charge in [0.1, 0.15) is 22.5 Å². The van der Waals surface area contributed by atoms with Crippen LogP contribution in [0.25, 0.3) is 0 Å². The Kier molecular flexibility index (Phi) is 5.84. The number of hydrogen-bond donors (Lipinski definition) is 0. The quantitative estimate of drug-likeness (QED) is 0.588. The molecule has 2 aromatic rings. The summed E-state index contributed by atoms with van der Waals surface area (Å²) in [7, 11) is 1.61. The van der Waals surface area contributed by atoms with Crippen molar-refractivity contribution in [3.05, 3.63) is 38.1 Å². The van der Waals surface area contributed by atoms with Crippen LogP contribution in [0.5, 0.6) is 17.4 Å². The summed E-state index contributed by atoms with van der Waals surface area (Å²) in [6.45, 7) is 2.06. The van der Waals surface area contributed by atoms with Crippen LogP contribution >= 0.6 is 43.5 Å². The lowest BCUT2D eigenvalue weighted by atomic mass is 10.3. The molecule has 112 valence electrons. The van der Waals surface area contributed by atoms with E-state index in [4.69, 9.17) is 21.1 Å². The topological polar surface area (TPSA) is 44.2 Å². The number of aryl methyl sites for hydroxylation is 1. The fraction of sp³-hybridized carbons (Fsp3) is 0.286. The summed E-state index contributed by atoms with van der Waals surface area (Å²) in [5, 5.41) is 0.368. The average molecular weight is 437 g/mol. The van der Waals surface area contributed by atoms with Crippen molar-refractivity contribution in [1.29, 1.82) is 0 Å². The van der Waals surface area contributed by atoms with Gasteiger partial charge in [0.2, 0.25) is 5.88 Å². The highest BCUT2D eigenvalue weighted by atomic mass is 79.9. The van der Waals surface area contributed by atoms with Crippen LogP contribution < -0.4 is 9.47 Å². The first-order valence-corrected chi connectivity index (χ1v) is 8.24. The number of benzene rings is 1. The highest BCUT2D eigenvalue weighted by Gasteiger charge is 2.11. The highest BCUT2D eigenvalue weighted by molar-refractivity contribution is 9.11. The van der Waals surface area contributed by atoms with Gasteiger partial charge in [-0.3, -0.25) is 0 Å². The Labute approximate surface area is 145 Å². The second-order valence-corrected chi connectivity index (χ2v) is 6.31. The third-order valence-corrected chi connectivity index (χ3v) is 4.05. The minimum atomic E-state index is 0.368. The van der Waals surface area contributed by atoms with Gasteiger partial charge in [-0.25, -0.2) is 4.98 Å². The number of nitrogens with zero attached hydrogens (tertiary/aromatic N) is 2. The van der Waals surface area contributed by atoms with Crippen LogP contribution in [-0.4, -0.2) is 17.1 Å². The van der Waals surface area contributed by atoms with Crippen LogP contribution in [-0.2, 0) is 6.42 Å². The number of halogens is 3. The van der Waals surface area contributed by atoms with Gasteiger partial charge in [0, 0.05) is 12.5 Å². The molecule has 0 bridgehead atoms. The van der Waals surface area contributed by atoms with Crippen molar-refractivity contribution in [2.24, 2.45) is 0 Å². The molecule has 0 aliphatic heterocycles. The molecule has 1 heterocycles. The van der Waals surface area contributed by atoms with Gasteiger partial charge in [-0.05, 0) is 50.4 Å². The van der Waals surface area contributed by atoms with Gasteiger partial charge in [0.05, 0.1) is 16.1 Å². The molecule has 0 fully saturated rings. The van der Waals surface area contributed by atoms with Crippen molar-refractivity contribution < 1.29 is 9.47 Å². The molecule has 0 aliphatic carbocycles. The second kappa shape index (κ2) is 7.42. The molecule has 7 heteroatoms. The Balaban J connectivity index is 2.31. The van der Waals surface area contributed by atoms with Gasteiger partial charge in [0.25, 0.3) is 0 Å². The molecule has 2 rings (SSSR count). The van der Waals surface area contributed by atoms with Gasteiger partial charge >= 0.3 is 0 Å². The van der Waals surface area contributed by atoms with Crippen molar-refractivity contribution in [2.45, 2.75) is 19.8 Å². The van der Waals surface area contributed by atoms with E-state index in [0.29, 0.717) is 28.4 Å². The summed E-state index contributed by atoms with van der Waals surface area (Å²) < 4.78 is 12.6. The van der Waals surface area contributed by atoms with Crippen LogP contribution in [0, 0.1) is 0 Å². The van der Waals surface area contributed by atoms with Crippen molar-refractivity contribution in [3.63, 3.8) is 0 Å². The first-order valence-electron chi connectivity index (χ1n) is 6.27. The Hall–Kier alpha value is -0.850. The molecule has 0 radical (unpaired) electrons. The van der Waals surface area contributed by atoms with E-state index in [9.17, 15) is 0 Å². The lowest BCUT2D eigenvalue weighted by Gasteiger charge is -2.11. The highest BCUT2D eigenvalue weighted by Crippen LogP contribution is 2.38. The van der Waals surface area contributed by atoms with Crippen LogP contribution in [0.3, 0.4) is 0 Å². The number of hydrogen-bond acceptors (Lipinski definition) is 4. The minimum Gasteiger partial charge on any atom is -0.496 e. The third-order valence-electron chi connectivity index (χ3n) is 2.61. The third kappa shape index (κ3) is 4.31. The van der Waals surface area contributed by atoms with Gasteiger partial charge in [-0.2, -0.15) is 4.98 Å². The predicted octanol–water partition coefficient (Wildman–Crippen LogP) is 5.41. The van der Waals surface area contributed by atoms with Gasteiger partial charge in [-0.1, -0.05) is 18.5 Å². The van der Waals surface area contributed by atoms with Crippen LogP contribution in [0.4, 0.5) is 0 Å². The van der Waals surface area contributed by atoms with E-state index in [-0.39, 0.29) is 0 Å². The zero-order valence-corrected chi connectivity index (χ0v) is 15.4. The SMILES string of the molecule is CCCc1nc(Cl)cc(Oc2cc(Br)c(OC)cc2Br)n1. The number of methoxy groups -OCH3 is 1. The molecule has 0 saturated heterocycles. The fourth-order valence-electron chi connectivity index (χ4n) is 1.69. The first-order chi connectivity index (χ1) is 10.0. The molecule has 21 heavy (non-hydrogen) atoms. The lowest BCUT2D eigenvalue weighted by Crippen LogP contribution is -1.98. The lowest BCUT2D eigenvalue weighted by molar-refractivity contribution is 0.408. The molecule has 0 aliphatic rings. The van der Waals surface area contributed by atoms with Gasteiger partial charge in [0.15, 0.2) is 0 Å². The maximum atomic E-state index is 6.00. The molecule has 0 unspecified atom stereocenters. The Morgan fingerprint density at radius 3 is 2.43 bits per heavy atom. The van der Waals surface area contributed by atoms with Gasteiger partial charge < -0.3 is 9.47 Å². The second-order valence-electron chi connectivity index (χ2n) is 4.21. The molecule has 0 spiro atoms. The summed E-state index contributed by atoms with van der Waals surface area (Å²) in [6, 6.07) is 5.21. The molecule has 0 N–H and O–H groups in total. The molecule has 1 aromatic heterocycles. The molecule has 0 amide bonds. The van der Waals surface area contributed by atoms with E-state index in [0.717, 1.165) is 21.8 Å². The molecular weight excluding hydrogens is 423 g/mol. The maximum Gasteiger partial charge on any atom is 0.224 e. The smallest absolute Gasteiger partial charge is 0.224 e. The largest absolute Gasteiger partial charge is 0.496 e. The summed E-state index contributed by atoms with van der Waals surface area (Å²) in [5.41, 5.74) is 0. The van der Waals surface area contributed by atoms with Crippen molar-refractivity contribution >= 4 is 43.5 Å². The minimum absolute atomic E-state index is 0.368. The predicted molar refractivity (Wildman–Crippen MR) is 89.5 cm³/mol. The summed E-state index contributed by atoms with van der Waals surface area (Å²) in [4.78, 5) is 8.51. The van der Waals surface area contributed by atoms with Crippen LogP contribution in [0.2, 0.25) is 5.15 Å². The van der Waals surface area contributed by atoms with E-state index in [1.54, 1.807) is 19.2 Å². The Morgan fingerprint density at radius 1 is 1.10 bits per heavy atom. The van der Waals surface area contributed by atoms with Crippen molar-refractivity contribution in [3.8, 4) is 17.4 Å². The summed E-state index contributed by atoms with van der Waals surface area (Å²) in [6.07, 6.45) is 1.70. The Morgan fingerprint density at radius 2 is 1.76 bits per heavy atom. The number of rotatable bonds is 5. The fourth-order valence-corrected chi connectivity index (χ4v) is 2.77.